The second kappa shape index (κ2) is 8.62. The van der Waals surface area contributed by atoms with Crippen molar-refractivity contribution in [3.8, 4) is 5.69 Å². The Morgan fingerprint density at radius 1 is 1.26 bits per heavy atom. The van der Waals surface area contributed by atoms with Gasteiger partial charge in [-0.05, 0) is 78.9 Å². The molecule has 3 rings (SSSR count). The zero-order valence-electron chi connectivity index (χ0n) is 15.6. The molecule has 7 heteroatoms. The molecule has 0 aliphatic carbocycles. The van der Waals surface area contributed by atoms with E-state index in [1.807, 2.05) is 42.3 Å². The first-order valence-corrected chi connectivity index (χ1v) is 9.73. The van der Waals surface area contributed by atoms with E-state index in [4.69, 9.17) is 0 Å². The van der Waals surface area contributed by atoms with Gasteiger partial charge in [-0.2, -0.15) is 5.10 Å². The summed E-state index contributed by atoms with van der Waals surface area (Å²) in [5.74, 6) is -0.0248. The lowest BCUT2D eigenvalue weighted by atomic mass is 10.1. The van der Waals surface area contributed by atoms with Gasteiger partial charge in [0.15, 0.2) is 0 Å². The Kier molecular flexibility index (Phi) is 6.22. The molecule has 0 saturated heterocycles. The van der Waals surface area contributed by atoms with Crippen LogP contribution in [-0.2, 0) is 4.79 Å². The number of nitrogens with zero attached hydrogens (tertiary/aromatic N) is 4. The maximum Gasteiger partial charge on any atom is 0.238 e. The van der Waals surface area contributed by atoms with Crippen LogP contribution in [-0.4, -0.2) is 39.2 Å². The van der Waals surface area contributed by atoms with Crippen LogP contribution in [0.1, 0.15) is 24.1 Å². The third kappa shape index (κ3) is 4.92. The molecule has 3 aromatic rings. The molecular formula is C20H22IN5O. The Bertz CT molecular complexity index is 909. The third-order valence-corrected chi connectivity index (χ3v) is 5.73. The number of aryl methyl sites for hydroxylation is 1. The van der Waals surface area contributed by atoms with E-state index in [0.29, 0.717) is 6.54 Å². The van der Waals surface area contributed by atoms with E-state index in [1.165, 1.54) is 11.9 Å². The highest BCUT2D eigenvalue weighted by atomic mass is 127. The van der Waals surface area contributed by atoms with Crippen molar-refractivity contribution in [2.24, 2.45) is 0 Å². The zero-order valence-corrected chi connectivity index (χ0v) is 17.7. The van der Waals surface area contributed by atoms with Gasteiger partial charge in [0.25, 0.3) is 0 Å². The number of anilines is 1. The predicted molar refractivity (Wildman–Crippen MR) is 115 cm³/mol. The number of carbonyl (C=O) groups excluding carboxylic acids is 1. The summed E-state index contributed by atoms with van der Waals surface area (Å²) in [4.78, 5) is 18.4. The Morgan fingerprint density at radius 3 is 2.63 bits per heavy atom. The molecule has 6 nitrogen and oxygen atoms in total. The SMILES string of the molecule is Cc1ccc(NC(=O)CN(C)C(C)c2ccc(-n3cncn3)cc2)cc1I. The molecule has 1 amide bonds. The van der Waals surface area contributed by atoms with E-state index in [9.17, 15) is 4.79 Å². The predicted octanol–water partition coefficient (Wildman–Crippen LogP) is 3.81. The lowest BCUT2D eigenvalue weighted by Gasteiger charge is -2.24. The highest BCUT2D eigenvalue weighted by Gasteiger charge is 2.15. The summed E-state index contributed by atoms with van der Waals surface area (Å²) >= 11 is 2.28. The highest BCUT2D eigenvalue weighted by Crippen LogP contribution is 2.21. The fraction of sp³-hybridized carbons (Fsp3) is 0.250. The number of halogens is 1. The molecule has 140 valence electrons. The minimum absolute atomic E-state index is 0.0248. The number of likely N-dealkylation sites (N-methyl/N-ethyl adjacent to an activating group) is 1. The molecule has 27 heavy (non-hydrogen) atoms. The quantitative estimate of drug-likeness (QED) is 0.551. The molecule has 0 saturated carbocycles. The fourth-order valence-corrected chi connectivity index (χ4v) is 3.25. The Balaban J connectivity index is 1.60. The first kappa shape index (κ1) is 19.5. The van der Waals surface area contributed by atoms with Gasteiger partial charge < -0.3 is 5.32 Å². The van der Waals surface area contributed by atoms with Gasteiger partial charge in [-0.1, -0.05) is 18.2 Å². The van der Waals surface area contributed by atoms with Crippen molar-refractivity contribution >= 4 is 34.2 Å². The molecule has 1 atom stereocenters. The maximum atomic E-state index is 12.4. The van der Waals surface area contributed by atoms with Crippen LogP contribution in [0.2, 0.25) is 0 Å². The molecule has 2 aromatic carbocycles. The van der Waals surface area contributed by atoms with Crippen LogP contribution in [0.5, 0.6) is 0 Å². The van der Waals surface area contributed by atoms with Crippen molar-refractivity contribution < 1.29 is 4.79 Å². The van der Waals surface area contributed by atoms with E-state index in [-0.39, 0.29) is 11.9 Å². The van der Waals surface area contributed by atoms with E-state index in [0.717, 1.165) is 20.5 Å². The highest BCUT2D eigenvalue weighted by molar-refractivity contribution is 14.1. The molecule has 1 aromatic heterocycles. The summed E-state index contributed by atoms with van der Waals surface area (Å²) in [6.45, 7) is 4.46. The fourth-order valence-electron chi connectivity index (χ4n) is 2.74. The third-order valence-electron chi connectivity index (χ3n) is 4.57. The van der Waals surface area contributed by atoms with Crippen LogP contribution in [0.15, 0.2) is 55.1 Å². The van der Waals surface area contributed by atoms with E-state index in [2.05, 4.69) is 64.0 Å². The molecule has 0 fully saturated rings. The first-order chi connectivity index (χ1) is 12.9. The molecule has 0 radical (unpaired) electrons. The van der Waals surface area contributed by atoms with Gasteiger partial charge in [0.2, 0.25) is 5.91 Å². The van der Waals surface area contributed by atoms with Gasteiger partial charge >= 0.3 is 0 Å². The average molecular weight is 475 g/mol. The topological polar surface area (TPSA) is 63.1 Å². The van der Waals surface area contributed by atoms with Crippen molar-refractivity contribution in [3.05, 3.63) is 69.8 Å². The van der Waals surface area contributed by atoms with Gasteiger partial charge in [-0.25, -0.2) is 9.67 Å². The summed E-state index contributed by atoms with van der Waals surface area (Å²) in [6, 6.07) is 14.2. The van der Waals surface area contributed by atoms with Gasteiger partial charge in [-0.15, -0.1) is 0 Å². The van der Waals surface area contributed by atoms with Gasteiger partial charge in [-0.3, -0.25) is 9.69 Å². The standard InChI is InChI=1S/C20H22IN5O/c1-14-4-7-17(10-19(14)21)24-20(27)11-25(3)15(2)16-5-8-18(9-6-16)26-13-22-12-23-26/h4-10,12-13,15H,11H2,1-3H3,(H,24,27). The number of aromatic nitrogens is 3. The van der Waals surface area contributed by atoms with Crippen LogP contribution in [0, 0.1) is 10.5 Å². The molecule has 0 bridgehead atoms. The maximum absolute atomic E-state index is 12.4. The van der Waals surface area contributed by atoms with E-state index in [1.54, 1.807) is 11.0 Å². The van der Waals surface area contributed by atoms with Gasteiger partial charge in [0, 0.05) is 15.3 Å². The smallest absolute Gasteiger partial charge is 0.238 e. The van der Waals surface area contributed by atoms with Crippen LogP contribution in [0.25, 0.3) is 5.69 Å². The molecule has 0 aliphatic rings. The number of carbonyl (C=O) groups is 1. The van der Waals surface area contributed by atoms with Crippen molar-refractivity contribution in [1.29, 1.82) is 0 Å². The molecule has 0 aliphatic heterocycles. The van der Waals surface area contributed by atoms with Crippen LogP contribution < -0.4 is 5.32 Å². The number of hydrogen-bond acceptors (Lipinski definition) is 4. The summed E-state index contributed by atoms with van der Waals surface area (Å²) in [5.41, 5.74) is 4.12. The number of rotatable bonds is 6. The number of hydrogen-bond donors (Lipinski definition) is 1. The normalized spacial score (nSPS) is 12.2. The average Bonchev–Trinajstić information content (AvgIpc) is 3.19. The van der Waals surface area contributed by atoms with E-state index < -0.39 is 0 Å². The van der Waals surface area contributed by atoms with Crippen LogP contribution in [0.4, 0.5) is 5.69 Å². The summed E-state index contributed by atoms with van der Waals surface area (Å²) in [7, 11) is 1.95. The molecule has 1 heterocycles. The molecular weight excluding hydrogens is 453 g/mol. The molecule has 1 N–H and O–H groups in total. The summed E-state index contributed by atoms with van der Waals surface area (Å²) in [5, 5.41) is 7.10. The van der Waals surface area contributed by atoms with Crippen molar-refractivity contribution in [2.45, 2.75) is 19.9 Å². The lowest BCUT2D eigenvalue weighted by Crippen LogP contribution is -2.32. The summed E-state index contributed by atoms with van der Waals surface area (Å²) < 4.78 is 2.86. The number of benzene rings is 2. The minimum atomic E-state index is -0.0248. The van der Waals surface area contributed by atoms with Crippen molar-refractivity contribution in [3.63, 3.8) is 0 Å². The first-order valence-electron chi connectivity index (χ1n) is 8.65. The minimum Gasteiger partial charge on any atom is -0.325 e. The lowest BCUT2D eigenvalue weighted by molar-refractivity contribution is -0.117. The van der Waals surface area contributed by atoms with Crippen LogP contribution in [0.3, 0.4) is 0 Å². The second-order valence-electron chi connectivity index (χ2n) is 6.53. The number of nitrogens with one attached hydrogen (secondary N) is 1. The second-order valence-corrected chi connectivity index (χ2v) is 7.70. The molecule has 0 spiro atoms. The van der Waals surface area contributed by atoms with Gasteiger partial charge in [0.1, 0.15) is 12.7 Å². The van der Waals surface area contributed by atoms with Crippen LogP contribution >= 0.6 is 22.6 Å². The monoisotopic (exact) mass is 475 g/mol. The summed E-state index contributed by atoms with van der Waals surface area (Å²) in [6.07, 6.45) is 3.18. The largest absolute Gasteiger partial charge is 0.325 e. The molecule has 1 unspecified atom stereocenters. The van der Waals surface area contributed by atoms with Crippen molar-refractivity contribution in [1.82, 2.24) is 19.7 Å². The van der Waals surface area contributed by atoms with Gasteiger partial charge in [0.05, 0.1) is 12.2 Å². The zero-order chi connectivity index (χ0) is 19.4. The Hall–Kier alpha value is -2.26. The van der Waals surface area contributed by atoms with Crippen molar-refractivity contribution in [2.75, 3.05) is 18.9 Å². The number of amides is 1. The Morgan fingerprint density at radius 2 is 2.00 bits per heavy atom. The Labute approximate surface area is 172 Å². The van der Waals surface area contributed by atoms with E-state index >= 15 is 0 Å².